The maximum absolute atomic E-state index is 11.1. The van der Waals surface area contributed by atoms with Gasteiger partial charge in [-0.1, -0.05) is 35.9 Å². The number of aryl methyl sites for hydroxylation is 1. The summed E-state index contributed by atoms with van der Waals surface area (Å²) in [7, 11) is 0. The van der Waals surface area contributed by atoms with Gasteiger partial charge in [0.15, 0.2) is 0 Å². The summed E-state index contributed by atoms with van der Waals surface area (Å²) in [6, 6.07) is 15.4. The summed E-state index contributed by atoms with van der Waals surface area (Å²) < 4.78 is 5.86. The van der Waals surface area contributed by atoms with Crippen molar-refractivity contribution in [2.75, 3.05) is 0 Å². The van der Waals surface area contributed by atoms with Crippen molar-refractivity contribution in [2.24, 2.45) is 0 Å². The van der Waals surface area contributed by atoms with Crippen molar-refractivity contribution < 1.29 is 9.52 Å². The topological polar surface area (TPSA) is 33.4 Å². The van der Waals surface area contributed by atoms with Crippen LogP contribution in [0, 0.1) is 0 Å². The van der Waals surface area contributed by atoms with Crippen LogP contribution in [-0.4, -0.2) is 5.11 Å². The summed E-state index contributed by atoms with van der Waals surface area (Å²) in [5.74, 6) is 0.597. The first kappa shape index (κ1) is 12.0. The highest BCUT2D eigenvalue weighted by molar-refractivity contribution is 6.31. The van der Waals surface area contributed by atoms with E-state index in [9.17, 15) is 5.11 Å². The molecule has 20 heavy (non-hydrogen) atoms. The smallest absolute Gasteiger partial charge is 0.148 e. The largest absolute Gasteiger partial charge is 0.458 e. The Labute approximate surface area is 121 Å². The molecule has 2 aromatic carbocycles. The monoisotopic (exact) mass is 284 g/mol. The first-order chi connectivity index (χ1) is 9.67. The molecule has 1 heterocycles. The molecule has 2 nitrogen and oxygen atoms in total. The van der Waals surface area contributed by atoms with E-state index >= 15 is 0 Å². The number of furan rings is 1. The van der Waals surface area contributed by atoms with Crippen LogP contribution in [0.1, 0.15) is 23.3 Å². The van der Waals surface area contributed by atoms with E-state index in [0.29, 0.717) is 17.2 Å². The van der Waals surface area contributed by atoms with E-state index in [0.717, 1.165) is 23.0 Å². The molecule has 1 aliphatic rings. The van der Waals surface area contributed by atoms with E-state index in [1.54, 1.807) is 6.07 Å². The van der Waals surface area contributed by atoms with Crippen LogP contribution < -0.4 is 0 Å². The Kier molecular flexibility index (Phi) is 2.47. The van der Waals surface area contributed by atoms with Gasteiger partial charge in [-0.05, 0) is 48.2 Å². The second-order valence-corrected chi connectivity index (χ2v) is 5.75. The minimum atomic E-state index is -1.03. The Bertz CT molecular complexity index is 806. The maximum Gasteiger partial charge on any atom is 0.148 e. The van der Waals surface area contributed by atoms with E-state index in [2.05, 4.69) is 6.07 Å². The van der Waals surface area contributed by atoms with Crippen molar-refractivity contribution in [3.8, 4) is 0 Å². The number of benzene rings is 2. The predicted molar refractivity (Wildman–Crippen MR) is 79.0 cm³/mol. The molecule has 1 atom stereocenters. The second kappa shape index (κ2) is 4.11. The van der Waals surface area contributed by atoms with Gasteiger partial charge in [-0.25, -0.2) is 0 Å². The van der Waals surface area contributed by atoms with Crippen LogP contribution in [-0.2, 0) is 12.0 Å². The first-order valence-corrected chi connectivity index (χ1v) is 7.05. The second-order valence-electron chi connectivity index (χ2n) is 5.31. The number of aliphatic hydroxyl groups is 1. The Hall–Kier alpha value is -1.77. The van der Waals surface area contributed by atoms with Crippen molar-refractivity contribution in [1.29, 1.82) is 0 Å². The standard InChI is InChI=1S/C17H13ClO2/c18-13-5-6-15-12(9-13)10-16(20-15)17(19)8-7-11-3-1-2-4-14(11)17/h1-6,9-10,19H,7-8H2. The van der Waals surface area contributed by atoms with Gasteiger partial charge < -0.3 is 9.52 Å². The highest BCUT2D eigenvalue weighted by Crippen LogP contribution is 2.43. The molecule has 100 valence electrons. The summed E-state index contributed by atoms with van der Waals surface area (Å²) in [4.78, 5) is 0. The quantitative estimate of drug-likeness (QED) is 0.724. The number of hydrogen-bond donors (Lipinski definition) is 1. The van der Waals surface area contributed by atoms with Gasteiger partial charge in [0.1, 0.15) is 16.9 Å². The van der Waals surface area contributed by atoms with Crippen LogP contribution >= 0.6 is 11.6 Å². The number of halogens is 1. The molecule has 0 saturated carbocycles. The van der Waals surface area contributed by atoms with E-state index in [1.807, 2.05) is 36.4 Å². The fourth-order valence-corrected chi connectivity index (χ4v) is 3.25. The summed E-state index contributed by atoms with van der Waals surface area (Å²) >= 11 is 6.00. The molecule has 0 spiro atoms. The van der Waals surface area contributed by atoms with Crippen molar-refractivity contribution in [3.63, 3.8) is 0 Å². The maximum atomic E-state index is 11.1. The summed E-state index contributed by atoms with van der Waals surface area (Å²) in [5, 5.41) is 12.7. The average molecular weight is 285 g/mol. The lowest BCUT2D eigenvalue weighted by atomic mass is 9.93. The zero-order valence-corrected chi connectivity index (χ0v) is 11.5. The molecular formula is C17H13ClO2. The van der Waals surface area contributed by atoms with Gasteiger partial charge in [-0.3, -0.25) is 0 Å². The fraction of sp³-hybridized carbons (Fsp3) is 0.176. The number of rotatable bonds is 1. The van der Waals surface area contributed by atoms with Gasteiger partial charge in [0, 0.05) is 10.4 Å². The first-order valence-electron chi connectivity index (χ1n) is 6.67. The number of hydrogen-bond acceptors (Lipinski definition) is 2. The van der Waals surface area contributed by atoms with Crippen LogP contribution in [0.5, 0.6) is 0 Å². The zero-order valence-electron chi connectivity index (χ0n) is 10.8. The summed E-state index contributed by atoms with van der Waals surface area (Å²) in [6.07, 6.45) is 1.52. The van der Waals surface area contributed by atoms with E-state index < -0.39 is 5.60 Å². The average Bonchev–Trinajstić information content (AvgIpc) is 3.02. The number of fused-ring (bicyclic) bond motifs is 2. The van der Waals surface area contributed by atoms with E-state index in [-0.39, 0.29) is 0 Å². The van der Waals surface area contributed by atoms with Crippen LogP contribution in [0.25, 0.3) is 11.0 Å². The molecular weight excluding hydrogens is 272 g/mol. The lowest BCUT2D eigenvalue weighted by molar-refractivity contribution is 0.0605. The normalized spacial score (nSPS) is 21.3. The van der Waals surface area contributed by atoms with Crippen molar-refractivity contribution in [1.82, 2.24) is 0 Å². The van der Waals surface area contributed by atoms with Crippen molar-refractivity contribution in [2.45, 2.75) is 18.4 Å². The summed E-state index contributed by atoms with van der Waals surface area (Å²) in [5.41, 5.74) is 1.86. The van der Waals surface area contributed by atoms with Gasteiger partial charge in [0.25, 0.3) is 0 Å². The third kappa shape index (κ3) is 1.62. The molecule has 3 heteroatoms. The molecule has 0 aliphatic heterocycles. The SMILES string of the molecule is OC1(c2cc3cc(Cl)ccc3o2)CCc2ccccc21. The highest BCUT2D eigenvalue weighted by Gasteiger charge is 2.40. The van der Waals surface area contributed by atoms with Gasteiger partial charge in [-0.2, -0.15) is 0 Å². The lowest BCUT2D eigenvalue weighted by Gasteiger charge is -2.21. The molecule has 3 aromatic rings. The van der Waals surface area contributed by atoms with Crippen LogP contribution in [0.3, 0.4) is 0 Å². The van der Waals surface area contributed by atoms with Gasteiger partial charge in [0.05, 0.1) is 0 Å². The Morgan fingerprint density at radius 1 is 1.10 bits per heavy atom. The zero-order chi connectivity index (χ0) is 13.7. The Balaban J connectivity index is 1.91. The lowest BCUT2D eigenvalue weighted by Crippen LogP contribution is -2.22. The minimum Gasteiger partial charge on any atom is -0.458 e. The molecule has 1 aromatic heterocycles. The molecule has 1 unspecified atom stereocenters. The van der Waals surface area contributed by atoms with E-state index in [1.165, 1.54) is 5.56 Å². The Morgan fingerprint density at radius 3 is 2.85 bits per heavy atom. The Morgan fingerprint density at radius 2 is 1.95 bits per heavy atom. The molecule has 0 fully saturated rings. The molecule has 0 amide bonds. The van der Waals surface area contributed by atoms with Gasteiger partial charge in [-0.15, -0.1) is 0 Å². The van der Waals surface area contributed by atoms with Crippen molar-refractivity contribution >= 4 is 22.6 Å². The van der Waals surface area contributed by atoms with Gasteiger partial charge in [0.2, 0.25) is 0 Å². The van der Waals surface area contributed by atoms with Crippen LogP contribution in [0.15, 0.2) is 52.9 Å². The van der Waals surface area contributed by atoms with Crippen LogP contribution in [0.2, 0.25) is 5.02 Å². The molecule has 0 saturated heterocycles. The third-order valence-electron chi connectivity index (χ3n) is 4.11. The summed E-state index contributed by atoms with van der Waals surface area (Å²) in [6.45, 7) is 0. The molecule has 0 bridgehead atoms. The van der Waals surface area contributed by atoms with Crippen LogP contribution in [0.4, 0.5) is 0 Å². The van der Waals surface area contributed by atoms with Crippen molar-refractivity contribution in [3.05, 3.63) is 70.4 Å². The predicted octanol–water partition coefficient (Wildman–Crippen LogP) is 4.27. The molecule has 0 radical (unpaired) electrons. The van der Waals surface area contributed by atoms with Gasteiger partial charge >= 0.3 is 0 Å². The molecule has 4 rings (SSSR count). The molecule has 1 aliphatic carbocycles. The van der Waals surface area contributed by atoms with E-state index in [4.69, 9.17) is 16.0 Å². The minimum absolute atomic E-state index is 0.597. The third-order valence-corrected chi connectivity index (χ3v) is 4.34. The fourth-order valence-electron chi connectivity index (χ4n) is 3.07. The molecule has 1 N–H and O–H groups in total. The highest BCUT2D eigenvalue weighted by atomic mass is 35.5.